The molecular formula is C7H5FI2. The molecule has 0 aliphatic heterocycles. The summed E-state index contributed by atoms with van der Waals surface area (Å²) >= 11 is 4.16. The fourth-order valence-electron chi connectivity index (χ4n) is 0.622. The van der Waals surface area contributed by atoms with E-state index in [0.717, 1.165) is 12.7 Å². The third-order valence-corrected chi connectivity index (χ3v) is 4.71. The normalized spacial score (nSPS) is 10.0. The Morgan fingerprint density at radius 3 is 2.30 bits per heavy atom. The van der Waals surface area contributed by atoms with Gasteiger partial charge in [0.1, 0.15) is 5.82 Å². The van der Waals surface area contributed by atoms with Gasteiger partial charge in [-0.15, -0.1) is 0 Å². The van der Waals surface area contributed by atoms with Crippen molar-refractivity contribution in [3.63, 3.8) is 0 Å². The molecule has 0 saturated carbocycles. The van der Waals surface area contributed by atoms with Crippen molar-refractivity contribution in [1.82, 2.24) is 0 Å². The van der Waals surface area contributed by atoms with Gasteiger partial charge in [-0.25, -0.2) is 4.39 Å². The van der Waals surface area contributed by atoms with Crippen LogP contribution in [0.15, 0.2) is 12.1 Å². The van der Waals surface area contributed by atoms with E-state index in [1.165, 1.54) is 6.07 Å². The molecule has 0 N–H and O–H groups in total. The summed E-state index contributed by atoms with van der Waals surface area (Å²) in [6.45, 7) is 1.98. The Morgan fingerprint density at radius 1 is 1.20 bits per heavy atom. The molecule has 0 bridgehead atoms. The minimum atomic E-state index is -0.129. The summed E-state index contributed by atoms with van der Waals surface area (Å²) in [6, 6.07) is 3.29. The van der Waals surface area contributed by atoms with Gasteiger partial charge in [0.2, 0.25) is 0 Å². The predicted molar refractivity (Wildman–Crippen MR) is 56.6 cm³/mol. The van der Waals surface area contributed by atoms with E-state index in [4.69, 9.17) is 0 Å². The van der Waals surface area contributed by atoms with E-state index in [-0.39, 0.29) is 5.82 Å². The minimum Gasteiger partial charge on any atom is -0.206 e. The summed E-state index contributed by atoms with van der Waals surface area (Å²) in [5.41, 5.74) is 1.13. The van der Waals surface area contributed by atoms with Gasteiger partial charge < -0.3 is 0 Å². The van der Waals surface area contributed by atoms with Crippen molar-refractivity contribution in [3.05, 3.63) is 30.7 Å². The van der Waals surface area contributed by atoms with Gasteiger partial charge in [-0.05, 0) is 63.7 Å². The van der Waals surface area contributed by atoms with Crippen molar-refractivity contribution in [1.29, 1.82) is 0 Å². The van der Waals surface area contributed by atoms with Crippen LogP contribution in [0.3, 0.4) is 0 Å². The van der Waals surface area contributed by atoms with Gasteiger partial charge in [0.05, 0.1) is 3.57 Å². The van der Waals surface area contributed by atoms with Crippen LogP contribution in [0, 0.1) is 19.9 Å². The number of hydrogen-bond acceptors (Lipinski definition) is 0. The standard InChI is InChI=1S/C7H5FI2/c1-4-2-3-5(8)7(10)6(4)9/h2-3H,1H3. The smallest absolute Gasteiger partial charge is 0.137 e. The molecule has 0 atom stereocenters. The van der Waals surface area contributed by atoms with Crippen molar-refractivity contribution in [2.45, 2.75) is 6.92 Å². The lowest BCUT2D eigenvalue weighted by Crippen LogP contribution is -1.89. The Morgan fingerprint density at radius 2 is 1.80 bits per heavy atom. The van der Waals surface area contributed by atoms with Gasteiger partial charge in [-0.2, -0.15) is 0 Å². The molecule has 0 aliphatic rings. The molecule has 0 saturated heterocycles. The maximum Gasteiger partial charge on any atom is 0.137 e. The maximum atomic E-state index is 12.7. The van der Waals surface area contributed by atoms with E-state index in [1.807, 2.05) is 29.5 Å². The Bertz CT molecular complexity index is 231. The summed E-state index contributed by atoms with van der Waals surface area (Å²) in [7, 11) is 0. The first kappa shape index (κ1) is 8.70. The first-order valence-corrected chi connectivity index (χ1v) is 4.89. The molecule has 0 fully saturated rings. The molecule has 0 unspecified atom stereocenters. The minimum absolute atomic E-state index is 0.129. The Balaban J connectivity index is 3.34. The fourth-order valence-corrected chi connectivity index (χ4v) is 1.67. The quantitative estimate of drug-likeness (QED) is 0.491. The molecule has 0 amide bonds. The van der Waals surface area contributed by atoms with Crippen LogP contribution >= 0.6 is 45.2 Å². The van der Waals surface area contributed by atoms with E-state index in [9.17, 15) is 4.39 Å². The van der Waals surface area contributed by atoms with Gasteiger partial charge >= 0.3 is 0 Å². The van der Waals surface area contributed by atoms with Crippen LogP contribution in [0.2, 0.25) is 0 Å². The van der Waals surface area contributed by atoms with Crippen LogP contribution in [0.4, 0.5) is 4.39 Å². The Labute approximate surface area is 86.5 Å². The third kappa shape index (κ3) is 1.61. The zero-order valence-corrected chi connectivity index (χ0v) is 9.60. The molecule has 0 aromatic heterocycles. The molecule has 1 aromatic carbocycles. The van der Waals surface area contributed by atoms with E-state index >= 15 is 0 Å². The SMILES string of the molecule is Cc1ccc(F)c(I)c1I. The van der Waals surface area contributed by atoms with Gasteiger partial charge in [0, 0.05) is 3.57 Å². The highest BCUT2D eigenvalue weighted by Gasteiger charge is 2.04. The van der Waals surface area contributed by atoms with Gasteiger partial charge in [-0.3, -0.25) is 0 Å². The first-order valence-electron chi connectivity index (χ1n) is 2.73. The third-order valence-electron chi connectivity index (χ3n) is 1.23. The highest BCUT2D eigenvalue weighted by atomic mass is 127. The van der Waals surface area contributed by atoms with E-state index in [1.54, 1.807) is 6.07 Å². The largest absolute Gasteiger partial charge is 0.206 e. The van der Waals surface area contributed by atoms with Crippen molar-refractivity contribution in [3.8, 4) is 0 Å². The lowest BCUT2D eigenvalue weighted by atomic mass is 10.2. The second-order valence-corrected chi connectivity index (χ2v) is 4.15. The lowest BCUT2D eigenvalue weighted by Gasteiger charge is -2.00. The topological polar surface area (TPSA) is 0 Å². The number of benzene rings is 1. The van der Waals surface area contributed by atoms with Crippen LogP contribution in [-0.4, -0.2) is 0 Å². The summed E-state index contributed by atoms with van der Waals surface area (Å²) in [6.07, 6.45) is 0. The Kier molecular flexibility index (Phi) is 2.91. The highest BCUT2D eigenvalue weighted by Crippen LogP contribution is 2.21. The molecule has 10 heavy (non-hydrogen) atoms. The Hall–Kier alpha value is 0.610. The number of hydrogen-bond donors (Lipinski definition) is 0. The average Bonchev–Trinajstić information content (AvgIpc) is 1.93. The predicted octanol–water partition coefficient (Wildman–Crippen LogP) is 3.34. The molecule has 1 aromatic rings. The summed E-state index contributed by atoms with van der Waals surface area (Å²) < 4.78 is 14.5. The second-order valence-electron chi connectivity index (χ2n) is 1.99. The van der Waals surface area contributed by atoms with Crippen LogP contribution in [0.5, 0.6) is 0 Å². The van der Waals surface area contributed by atoms with E-state index < -0.39 is 0 Å². The lowest BCUT2D eigenvalue weighted by molar-refractivity contribution is 0.618. The van der Waals surface area contributed by atoms with Gasteiger partial charge in [0.25, 0.3) is 0 Å². The van der Waals surface area contributed by atoms with Crippen LogP contribution in [-0.2, 0) is 0 Å². The number of halogens is 3. The molecule has 1 rings (SSSR count). The molecule has 54 valence electrons. The molecule has 3 heteroatoms. The zero-order chi connectivity index (χ0) is 7.72. The van der Waals surface area contributed by atoms with Gasteiger partial charge in [0.15, 0.2) is 0 Å². The summed E-state index contributed by atoms with van der Waals surface area (Å²) in [5.74, 6) is -0.129. The highest BCUT2D eigenvalue weighted by molar-refractivity contribution is 14.1. The summed E-state index contributed by atoms with van der Waals surface area (Å²) in [5, 5.41) is 0. The van der Waals surface area contributed by atoms with Crippen LogP contribution in [0.25, 0.3) is 0 Å². The molecule has 0 radical (unpaired) electrons. The van der Waals surface area contributed by atoms with Crippen molar-refractivity contribution in [2.75, 3.05) is 0 Å². The number of rotatable bonds is 0. The van der Waals surface area contributed by atoms with Crippen LogP contribution in [0.1, 0.15) is 5.56 Å². The first-order chi connectivity index (χ1) is 4.63. The number of aryl methyl sites for hydroxylation is 1. The van der Waals surface area contributed by atoms with E-state index in [0.29, 0.717) is 0 Å². The maximum absolute atomic E-state index is 12.7. The molecule has 0 aliphatic carbocycles. The van der Waals surface area contributed by atoms with Crippen molar-refractivity contribution in [2.24, 2.45) is 0 Å². The fraction of sp³-hybridized carbons (Fsp3) is 0.143. The molecule has 0 spiro atoms. The van der Waals surface area contributed by atoms with Gasteiger partial charge in [-0.1, -0.05) is 6.07 Å². The molecular weight excluding hydrogens is 357 g/mol. The average molecular weight is 362 g/mol. The van der Waals surface area contributed by atoms with E-state index in [2.05, 4.69) is 22.6 Å². The summed E-state index contributed by atoms with van der Waals surface area (Å²) in [4.78, 5) is 0. The monoisotopic (exact) mass is 362 g/mol. The molecule has 0 heterocycles. The zero-order valence-electron chi connectivity index (χ0n) is 5.29. The molecule has 0 nitrogen and oxygen atoms in total. The second kappa shape index (κ2) is 3.34. The van der Waals surface area contributed by atoms with Crippen molar-refractivity contribution < 1.29 is 4.39 Å². The van der Waals surface area contributed by atoms with Crippen molar-refractivity contribution >= 4 is 45.2 Å². The van der Waals surface area contributed by atoms with Crippen LogP contribution < -0.4 is 0 Å².